The van der Waals surface area contributed by atoms with Crippen molar-refractivity contribution in [3.8, 4) is 16.9 Å². The summed E-state index contributed by atoms with van der Waals surface area (Å²) in [6.45, 7) is 2.63. The van der Waals surface area contributed by atoms with E-state index in [0.717, 1.165) is 11.6 Å². The minimum atomic E-state index is -4.72. The third kappa shape index (κ3) is 3.18. The van der Waals surface area contributed by atoms with Crippen molar-refractivity contribution in [2.24, 2.45) is 0 Å². The molecule has 0 unspecified atom stereocenters. The lowest BCUT2D eigenvalue weighted by Crippen LogP contribution is -2.17. The van der Waals surface area contributed by atoms with Gasteiger partial charge >= 0.3 is 6.36 Å². The molecule has 19 heavy (non-hydrogen) atoms. The van der Waals surface area contributed by atoms with Gasteiger partial charge in [-0.2, -0.15) is 5.10 Å². The topological polar surface area (TPSA) is 53.1 Å². The molecule has 0 bridgehead atoms. The molecule has 0 aliphatic rings. The number of alkyl halides is 3. The number of nitrogens with two attached hydrogens (primary N) is 1. The molecule has 0 amide bonds. The molecule has 2 rings (SSSR count). The van der Waals surface area contributed by atoms with Gasteiger partial charge in [0.1, 0.15) is 5.75 Å². The number of benzene rings is 1. The maximum absolute atomic E-state index is 12.1. The number of nitrogen functional groups attached to an aromatic ring is 1. The first-order chi connectivity index (χ1) is 8.89. The maximum atomic E-state index is 12.1. The number of halogens is 3. The van der Waals surface area contributed by atoms with Crippen molar-refractivity contribution in [2.75, 3.05) is 5.73 Å². The van der Waals surface area contributed by atoms with Gasteiger partial charge in [0, 0.05) is 35.6 Å². The van der Waals surface area contributed by atoms with Gasteiger partial charge in [-0.15, -0.1) is 13.2 Å². The number of hydrogen-bond acceptors (Lipinski definition) is 3. The summed E-state index contributed by atoms with van der Waals surface area (Å²) >= 11 is 0. The normalized spacial score (nSPS) is 11.6. The van der Waals surface area contributed by atoms with E-state index in [9.17, 15) is 13.2 Å². The third-order valence-electron chi connectivity index (χ3n) is 2.52. The fourth-order valence-corrected chi connectivity index (χ4v) is 1.68. The smallest absolute Gasteiger partial charge is 0.406 e. The summed E-state index contributed by atoms with van der Waals surface area (Å²) in [5.74, 6) is -0.336. The van der Waals surface area contributed by atoms with Crippen LogP contribution in [-0.4, -0.2) is 16.1 Å². The summed E-state index contributed by atoms with van der Waals surface area (Å²) in [4.78, 5) is 0. The summed E-state index contributed by atoms with van der Waals surface area (Å²) in [5.41, 5.74) is 7.31. The van der Waals surface area contributed by atoms with Crippen molar-refractivity contribution in [1.29, 1.82) is 0 Å². The Kier molecular flexibility index (Phi) is 3.37. The average Bonchev–Trinajstić information content (AvgIpc) is 2.75. The Morgan fingerprint density at radius 2 is 2.11 bits per heavy atom. The highest BCUT2D eigenvalue weighted by atomic mass is 19.4. The first-order valence-corrected chi connectivity index (χ1v) is 5.57. The van der Waals surface area contributed by atoms with E-state index in [1.54, 1.807) is 17.1 Å². The van der Waals surface area contributed by atoms with Gasteiger partial charge in [0.05, 0.1) is 6.20 Å². The average molecular weight is 271 g/mol. The van der Waals surface area contributed by atoms with E-state index in [-0.39, 0.29) is 11.4 Å². The lowest BCUT2D eigenvalue weighted by Gasteiger charge is -2.10. The van der Waals surface area contributed by atoms with Crippen LogP contribution in [0, 0.1) is 0 Å². The quantitative estimate of drug-likeness (QED) is 0.873. The van der Waals surface area contributed by atoms with Gasteiger partial charge in [0.15, 0.2) is 0 Å². The predicted molar refractivity (Wildman–Crippen MR) is 64.4 cm³/mol. The fraction of sp³-hybridized carbons (Fsp3) is 0.250. The second kappa shape index (κ2) is 4.83. The Morgan fingerprint density at radius 1 is 1.37 bits per heavy atom. The summed E-state index contributed by atoms with van der Waals surface area (Å²) in [6.07, 6.45) is -1.34. The molecule has 1 heterocycles. The van der Waals surface area contributed by atoms with E-state index >= 15 is 0 Å². The third-order valence-corrected chi connectivity index (χ3v) is 2.52. The second-order valence-corrected chi connectivity index (χ2v) is 3.88. The van der Waals surface area contributed by atoms with Gasteiger partial charge in [-0.25, -0.2) is 0 Å². The molecule has 0 spiro atoms. The summed E-state index contributed by atoms with van der Waals surface area (Å²) in [7, 11) is 0. The van der Waals surface area contributed by atoms with Crippen LogP contribution in [0.2, 0.25) is 0 Å². The number of anilines is 1. The lowest BCUT2D eigenvalue weighted by molar-refractivity contribution is -0.274. The van der Waals surface area contributed by atoms with E-state index in [0.29, 0.717) is 12.1 Å². The fourth-order valence-electron chi connectivity index (χ4n) is 1.68. The van der Waals surface area contributed by atoms with Crippen LogP contribution in [0.5, 0.6) is 5.75 Å². The Morgan fingerprint density at radius 3 is 2.63 bits per heavy atom. The summed E-state index contributed by atoms with van der Waals surface area (Å²) < 4.78 is 41.7. The predicted octanol–water partition coefficient (Wildman–Crippen LogP) is 3.05. The van der Waals surface area contributed by atoms with Crippen LogP contribution in [0.3, 0.4) is 0 Å². The van der Waals surface area contributed by atoms with Gasteiger partial charge in [-0.1, -0.05) is 0 Å². The number of aromatic nitrogens is 2. The molecular formula is C12H12F3N3O. The van der Waals surface area contributed by atoms with Gasteiger partial charge in [0.25, 0.3) is 0 Å². The molecule has 0 aliphatic carbocycles. The van der Waals surface area contributed by atoms with Crippen molar-refractivity contribution >= 4 is 5.69 Å². The molecule has 0 radical (unpaired) electrons. The Bertz CT molecular complexity index is 578. The monoisotopic (exact) mass is 271 g/mol. The number of nitrogens with zero attached hydrogens (tertiary/aromatic N) is 2. The minimum Gasteiger partial charge on any atom is -0.406 e. The number of rotatable bonds is 3. The van der Waals surface area contributed by atoms with E-state index in [4.69, 9.17) is 5.73 Å². The summed E-state index contributed by atoms with van der Waals surface area (Å²) in [6, 6.07) is 3.85. The first-order valence-electron chi connectivity index (χ1n) is 5.57. The Labute approximate surface area is 107 Å². The zero-order valence-corrected chi connectivity index (χ0v) is 10.1. The van der Waals surface area contributed by atoms with Gasteiger partial charge in [-0.05, 0) is 19.1 Å². The molecule has 4 nitrogen and oxygen atoms in total. The lowest BCUT2D eigenvalue weighted by atomic mass is 10.1. The van der Waals surface area contributed by atoms with Gasteiger partial charge < -0.3 is 10.5 Å². The number of aryl methyl sites for hydroxylation is 1. The van der Waals surface area contributed by atoms with Crippen LogP contribution < -0.4 is 10.5 Å². The van der Waals surface area contributed by atoms with Crippen LogP contribution in [0.25, 0.3) is 11.1 Å². The molecular weight excluding hydrogens is 259 g/mol. The molecule has 102 valence electrons. The standard InChI is InChI=1S/C12H12F3N3O/c1-2-18-7-8(6-17-18)10-4-3-9(5-11(10)16)19-12(13,14)15/h3-7H,2,16H2,1H3. The molecule has 0 atom stereocenters. The van der Waals surface area contributed by atoms with Crippen molar-refractivity contribution in [3.63, 3.8) is 0 Å². The Hall–Kier alpha value is -2.18. The molecule has 2 aromatic rings. The zero-order chi connectivity index (χ0) is 14.0. The van der Waals surface area contributed by atoms with Crippen LogP contribution in [0.1, 0.15) is 6.92 Å². The highest BCUT2D eigenvalue weighted by Crippen LogP contribution is 2.31. The first kappa shape index (κ1) is 13.3. The van der Waals surface area contributed by atoms with Gasteiger partial charge in [0.2, 0.25) is 0 Å². The van der Waals surface area contributed by atoms with E-state index in [2.05, 4.69) is 9.84 Å². The van der Waals surface area contributed by atoms with Crippen molar-refractivity contribution in [2.45, 2.75) is 19.8 Å². The van der Waals surface area contributed by atoms with Crippen LogP contribution in [0.4, 0.5) is 18.9 Å². The number of hydrogen-bond donors (Lipinski definition) is 1. The zero-order valence-electron chi connectivity index (χ0n) is 10.1. The minimum absolute atomic E-state index is 0.206. The molecule has 1 aromatic carbocycles. The van der Waals surface area contributed by atoms with Crippen molar-refractivity contribution in [3.05, 3.63) is 30.6 Å². The Balaban J connectivity index is 2.29. The molecule has 0 saturated heterocycles. The second-order valence-electron chi connectivity index (χ2n) is 3.88. The highest BCUT2D eigenvalue weighted by Gasteiger charge is 2.31. The van der Waals surface area contributed by atoms with Gasteiger partial charge in [-0.3, -0.25) is 4.68 Å². The van der Waals surface area contributed by atoms with E-state index in [1.165, 1.54) is 12.1 Å². The maximum Gasteiger partial charge on any atom is 0.573 e. The van der Waals surface area contributed by atoms with Crippen LogP contribution in [0.15, 0.2) is 30.6 Å². The highest BCUT2D eigenvalue weighted by molar-refractivity contribution is 5.76. The van der Waals surface area contributed by atoms with E-state index in [1.807, 2.05) is 6.92 Å². The largest absolute Gasteiger partial charge is 0.573 e. The van der Waals surface area contributed by atoms with Crippen LogP contribution in [-0.2, 0) is 6.54 Å². The van der Waals surface area contributed by atoms with Crippen molar-refractivity contribution < 1.29 is 17.9 Å². The van der Waals surface area contributed by atoms with Crippen molar-refractivity contribution in [1.82, 2.24) is 9.78 Å². The molecule has 2 N–H and O–H groups in total. The summed E-state index contributed by atoms with van der Waals surface area (Å²) in [5, 5.41) is 4.08. The van der Waals surface area contributed by atoms with Crippen LogP contribution >= 0.6 is 0 Å². The molecule has 0 saturated carbocycles. The molecule has 0 fully saturated rings. The molecule has 7 heteroatoms. The number of ether oxygens (including phenoxy) is 1. The van der Waals surface area contributed by atoms with E-state index < -0.39 is 6.36 Å². The molecule has 0 aliphatic heterocycles. The molecule has 1 aromatic heterocycles. The SMILES string of the molecule is CCn1cc(-c2ccc(OC(F)(F)F)cc2N)cn1.